The van der Waals surface area contributed by atoms with Crippen LogP contribution in [0.4, 0.5) is 5.69 Å². The first-order valence-corrected chi connectivity index (χ1v) is 9.01. The summed E-state index contributed by atoms with van der Waals surface area (Å²) in [4.78, 5) is 0. The molecule has 0 heterocycles. The Morgan fingerprint density at radius 1 is 1.09 bits per heavy atom. The third kappa shape index (κ3) is 4.79. The molecule has 0 unspecified atom stereocenters. The molecule has 0 aliphatic rings. The number of hydrogen-bond acceptors (Lipinski definition) is 1. The lowest BCUT2D eigenvalue weighted by molar-refractivity contribution is 0.625. The van der Waals surface area contributed by atoms with E-state index in [2.05, 4.69) is 78.5 Å². The lowest BCUT2D eigenvalue weighted by atomic mass is 9.98. The minimum absolute atomic E-state index is 0.215. The van der Waals surface area contributed by atoms with Gasteiger partial charge in [0.05, 0.1) is 6.04 Å². The Kier molecular flexibility index (Phi) is 6.19. The number of benzene rings is 2. The molecule has 0 aliphatic heterocycles. The fourth-order valence-corrected chi connectivity index (χ4v) is 3.17. The van der Waals surface area contributed by atoms with E-state index >= 15 is 0 Å². The van der Waals surface area contributed by atoms with Gasteiger partial charge < -0.3 is 10.6 Å². The largest absolute Gasteiger partial charge is 0.356 e. The molecule has 2 aromatic rings. The molecule has 0 aliphatic carbocycles. The van der Waals surface area contributed by atoms with Crippen LogP contribution in [0.5, 0.6) is 0 Å². The molecule has 0 bridgehead atoms. The summed E-state index contributed by atoms with van der Waals surface area (Å²) < 4.78 is 1.10. The minimum Gasteiger partial charge on any atom is -0.356 e. The summed E-state index contributed by atoms with van der Waals surface area (Å²) in [5.41, 5.74) is 6.06. The molecular weight excluding hydrogens is 368 g/mol. The third-order valence-electron chi connectivity index (χ3n) is 3.93. The molecule has 0 amide bonds. The number of anilines is 1. The van der Waals surface area contributed by atoms with Gasteiger partial charge in [-0.05, 0) is 74.3 Å². The van der Waals surface area contributed by atoms with Crippen molar-refractivity contribution in [2.45, 2.75) is 40.2 Å². The highest BCUT2D eigenvalue weighted by molar-refractivity contribution is 9.10. The Balaban J connectivity index is 2.08. The van der Waals surface area contributed by atoms with Crippen molar-refractivity contribution in [3.05, 3.63) is 63.1 Å². The zero-order valence-corrected chi connectivity index (χ0v) is 16.4. The second kappa shape index (κ2) is 7.93. The van der Waals surface area contributed by atoms with Crippen LogP contribution in [-0.2, 0) is 0 Å². The van der Waals surface area contributed by atoms with Crippen LogP contribution in [0.2, 0.25) is 0 Å². The molecule has 0 saturated heterocycles. The number of rotatable bonds is 4. The van der Waals surface area contributed by atoms with Gasteiger partial charge in [0.1, 0.15) is 0 Å². The van der Waals surface area contributed by atoms with Crippen LogP contribution < -0.4 is 10.6 Å². The molecule has 23 heavy (non-hydrogen) atoms. The van der Waals surface area contributed by atoms with Crippen LogP contribution in [0.1, 0.15) is 41.6 Å². The molecule has 2 N–H and O–H groups in total. The van der Waals surface area contributed by atoms with Crippen LogP contribution in [0, 0.1) is 20.8 Å². The number of aryl methyl sites for hydroxylation is 3. The van der Waals surface area contributed by atoms with Crippen LogP contribution >= 0.6 is 28.1 Å². The molecule has 0 fully saturated rings. The molecule has 2 aromatic carbocycles. The van der Waals surface area contributed by atoms with Gasteiger partial charge in [-0.15, -0.1) is 0 Å². The van der Waals surface area contributed by atoms with Gasteiger partial charge in [0.15, 0.2) is 5.11 Å². The molecule has 4 heteroatoms. The summed E-state index contributed by atoms with van der Waals surface area (Å²) in [5, 5.41) is 7.36. The van der Waals surface area contributed by atoms with Gasteiger partial charge in [-0.25, -0.2) is 0 Å². The lowest BCUT2D eigenvalue weighted by Gasteiger charge is -2.22. The number of thiocarbonyl (C=S) groups is 1. The van der Waals surface area contributed by atoms with Gasteiger partial charge in [-0.3, -0.25) is 0 Å². The van der Waals surface area contributed by atoms with Crippen LogP contribution in [0.15, 0.2) is 40.9 Å². The predicted molar refractivity (Wildman–Crippen MR) is 107 cm³/mol. The Morgan fingerprint density at radius 3 is 2.43 bits per heavy atom. The summed E-state index contributed by atoms with van der Waals surface area (Å²) in [6.07, 6.45) is 0.977. The SMILES string of the molecule is CC[C@@H](NC(=S)Nc1ccc(Br)c(C)c1)c1ccc(C)cc1C. The highest BCUT2D eigenvalue weighted by Crippen LogP contribution is 2.23. The van der Waals surface area contributed by atoms with E-state index in [-0.39, 0.29) is 6.04 Å². The highest BCUT2D eigenvalue weighted by atomic mass is 79.9. The van der Waals surface area contributed by atoms with E-state index in [0.29, 0.717) is 5.11 Å². The van der Waals surface area contributed by atoms with E-state index in [4.69, 9.17) is 12.2 Å². The van der Waals surface area contributed by atoms with Crippen molar-refractivity contribution in [1.29, 1.82) is 0 Å². The fourth-order valence-electron chi connectivity index (χ4n) is 2.66. The Hall–Kier alpha value is -1.39. The average Bonchev–Trinajstić information content (AvgIpc) is 2.49. The first-order chi connectivity index (χ1) is 10.9. The van der Waals surface area contributed by atoms with Crippen LogP contribution in [-0.4, -0.2) is 5.11 Å². The standard InChI is InChI=1S/C19H23BrN2S/c1-5-18(16-8-6-12(2)10-13(16)3)22-19(23)21-15-7-9-17(20)14(4)11-15/h6-11,18H,5H2,1-4H3,(H2,21,22,23)/t18-/m1/s1. The zero-order valence-electron chi connectivity index (χ0n) is 14.0. The van der Waals surface area contributed by atoms with E-state index < -0.39 is 0 Å². The fraction of sp³-hybridized carbons (Fsp3) is 0.316. The lowest BCUT2D eigenvalue weighted by Crippen LogP contribution is -2.32. The van der Waals surface area contributed by atoms with Crippen molar-refractivity contribution in [1.82, 2.24) is 5.32 Å². The van der Waals surface area contributed by atoms with Crippen LogP contribution in [0.25, 0.3) is 0 Å². The van der Waals surface area contributed by atoms with Gasteiger partial charge in [0.2, 0.25) is 0 Å². The molecule has 2 rings (SSSR count). The van der Waals surface area contributed by atoms with Gasteiger partial charge in [-0.1, -0.05) is 46.6 Å². The first-order valence-electron chi connectivity index (χ1n) is 7.81. The Morgan fingerprint density at radius 2 is 1.83 bits per heavy atom. The molecule has 122 valence electrons. The summed E-state index contributed by atoms with van der Waals surface area (Å²) in [6, 6.07) is 12.9. The van der Waals surface area contributed by atoms with Crippen molar-refractivity contribution in [3.8, 4) is 0 Å². The highest BCUT2D eigenvalue weighted by Gasteiger charge is 2.13. The topological polar surface area (TPSA) is 24.1 Å². The number of nitrogens with one attached hydrogen (secondary N) is 2. The maximum absolute atomic E-state index is 5.49. The zero-order chi connectivity index (χ0) is 17.0. The Labute approximate surface area is 152 Å². The van der Waals surface area contributed by atoms with Crippen molar-refractivity contribution in [3.63, 3.8) is 0 Å². The monoisotopic (exact) mass is 390 g/mol. The number of hydrogen-bond donors (Lipinski definition) is 2. The van der Waals surface area contributed by atoms with Crippen molar-refractivity contribution in [2.75, 3.05) is 5.32 Å². The molecular formula is C19H23BrN2S. The molecule has 2 nitrogen and oxygen atoms in total. The van der Waals surface area contributed by atoms with Gasteiger partial charge in [0, 0.05) is 10.2 Å². The van der Waals surface area contributed by atoms with Gasteiger partial charge in [0.25, 0.3) is 0 Å². The van der Waals surface area contributed by atoms with E-state index in [9.17, 15) is 0 Å². The summed E-state index contributed by atoms with van der Waals surface area (Å²) in [6.45, 7) is 8.51. The van der Waals surface area contributed by atoms with Crippen LogP contribution in [0.3, 0.4) is 0 Å². The summed E-state index contributed by atoms with van der Waals surface area (Å²) in [5.74, 6) is 0. The summed E-state index contributed by atoms with van der Waals surface area (Å²) >= 11 is 9.00. The molecule has 1 atom stereocenters. The maximum Gasteiger partial charge on any atom is 0.171 e. The van der Waals surface area contributed by atoms with Crippen molar-refractivity contribution >= 4 is 38.9 Å². The van der Waals surface area contributed by atoms with Gasteiger partial charge in [-0.2, -0.15) is 0 Å². The number of halogens is 1. The maximum atomic E-state index is 5.49. The molecule has 0 aromatic heterocycles. The second-order valence-electron chi connectivity index (χ2n) is 5.88. The molecule has 0 saturated carbocycles. The van der Waals surface area contributed by atoms with Gasteiger partial charge >= 0.3 is 0 Å². The van der Waals surface area contributed by atoms with E-state index in [1.165, 1.54) is 22.3 Å². The predicted octanol–water partition coefficient (Wildman–Crippen LogP) is 5.81. The minimum atomic E-state index is 0.215. The smallest absolute Gasteiger partial charge is 0.171 e. The van der Waals surface area contributed by atoms with E-state index in [1.54, 1.807) is 0 Å². The second-order valence-corrected chi connectivity index (χ2v) is 7.15. The van der Waals surface area contributed by atoms with Crippen molar-refractivity contribution in [2.24, 2.45) is 0 Å². The molecule has 0 radical (unpaired) electrons. The Bertz CT molecular complexity index is 713. The molecule has 0 spiro atoms. The first kappa shape index (κ1) is 18.0. The third-order valence-corrected chi connectivity index (χ3v) is 5.04. The van der Waals surface area contributed by atoms with E-state index in [1.807, 2.05) is 12.1 Å². The van der Waals surface area contributed by atoms with E-state index in [0.717, 1.165) is 16.6 Å². The summed E-state index contributed by atoms with van der Waals surface area (Å²) in [7, 11) is 0. The van der Waals surface area contributed by atoms with Crippen molar-refractivity contribution < 1.29 is 0 Å². The average molecular weight is 391 g/mol. The normalized spacial score (nSPS) is 11.9. The quantitative estimate of drug-likeness (QED) is 0.643.